The molecule has 1 aromatic carbocycles. The molecule has 1 saturated heterocycles. The highest BCUT2D eigenvalue weighted by Crippen LogP contribution is 2.19. The van der Waals surface area contributed by atoms with Crippen LogP contribution in [0.3, 0.4) is 0 Å². The summed E-state index contributed by atoms with van der Waals surface area (Å²) in [4.78, 5) is 30.0. The number of hydrogen-bond acceptors (Lipinski definition) is 5. The molecular weight excluding hydrogens is 339 g/mol. The minimum Gasteiger partial charge on any atom is -0.359 e. The summed E-state index contributed by atoms with van der Waals surface area (Å²) >= 11 is 0. The second-order valence-electron chi connectivity index (χ2n) is 6.29. The van der Waals surface area contributed by atoms with Crippen LogP contribution in [0, 0.1) is 11.7 Å². The first-order valence-electron chi connectivity index (χ1n) is 8.64. The molecule has 1 fully saturated rings. The van der Waals surface area contributed by atoms with Gasteiger partial charge in [0.05, 0.1) is 0 Å². The monoisotopic (exact) mass is 360 g/mol. The number of aromatic nitrogens is 2. The molecule has 0 atom stereocenters. The lowest BCUT2D eigenvalue weighted by Crippen LogP contribution is -2.42. The van der Waals surface area contributed by atoms with Crippen molar-refractivity contribution in [1.29, 1.82) is 0 Å². The molecule has 2 amide bonds. The Hall–Kier alpha value is -2.77. The molecule has 1 aliphatic heterocycles. The van der Waals surface area contributed by atoms with Crippen LogP contribution in [-0.2, 0) is 16.0 Å². The number of nitrogens with one attached hydrogen (secondary N) is 1. The third kappa shape index (κ3) is 4.25. The maximum atomic E-state index is 13.0. The Bertz CT molecular complexity index is 767. The Kier molecular flexibility index (Phi) is 5.60. The maximum absolute atomic E-state index is 13.0. The van der Waals surface area contributed by atoms with Gasteiger partial charge in [0, 0.05) is 44.5 Å². The minimum absolute atomic E-state index is 0.0155. The average Bonchev–Trinajstić information content (AvgIpc) is 3.15. The van der Waals surface area contributed by atoms with E-state index in [0.29, 0.717) is 49.6 Å². The van der Waals surface area contributed by atoms with Gasteiger partial charge >= 0.3 is 0 Å². The van der Waals surface area contributed by atoms with E-state index in [-0.39, 0.29) is 30.0 Å². The molecule has 8 heteroatoms. The number of benzene rings is 1. The fourth-order valence-electron chi connectivity index (χ4n) is 3.04. The molecule has 0 aliphatic carbocycles. The maximum Gasteiger partial charge on any atom is 0.227 e. The first-order valence-corrected chi connectivity index (χ1v) is 8.64. The summed E-state index contributed by atoms with van der Waals surface area (Å²) in [5, 5.41) is 6.52. The van der Waals surface area contributed by atoms with Crippen LogP contribution in [0.1, 0.15) is 25.2 Å². The SMILES string of the molecule is CNC(=O)C1CCN(C(=O)CCc2nc(-c3ccc(F)cc3)no2)CC1. The van der Waals surface area contributed by atoms with Crippen LogP contribution in [0.15, 0.2) is 28.8 Å². The Morgan fingerprint density at radius 1 is 1.27 bits per heavy atom. The Labute approximate surface area is 150 Å². The predicted molar refractivity (Wildman–Crippen MR) is 91.4 cm³/mol. The lowest BCUT2D eigenvalue weighted by atomic mass is 9.96. The summed E-state index contributed by atoms with van der Waals surface area (Å²) in [6, 6.07) is 5.81. The van der Waals surface area contributed by atoms with Crippen molar-refractivity contribution in [2.75, 3.05) is 20.1 Å². The van der Waals surface area contributed by atoms with Gasteiger partial charge in [-0.15, -0.1) is 0 Å². The van der Waals surface area contributed by atoms with Gasteiger partial charge in [0.1, 0.15) is 5.82 Å². The van der Waals surface area contributed by atoms with Crippen molar-refractivity contribution >= 4 is 11.8 Å². The molecule has 0 unspecified atom stereocenters. The van der Waals surface area contributed by atoms with Crippen LogP contribution in [0.4, 0.5) is 4.39 Å². The largest absolute Gasteiger partial charge is 0.359 e. The molecule has 3 rings (SSSR count). The smallest absolute Gasteiger partial charge is 0.227 e. The zero-order valence-corrected chi connectivity index (χ0v) is 14.6. The van der Waals surface area contributed by atoms with Gasteiger partial charge in [0.15, 0.2) is 0 Å². The third-order valence-corrected chi connectivity index (χ3v) is 4.59. The molecule has 0 radical (unpaired) electrons. The number of amides is 2. The molecule has 2 heterocycles. The third-order valence-electron chi connectivity index (χ3n) is 4.59. The van der Waals surface area contributed by atoms with Crippen LogP contribution in [0.2, 0.25) is 0 Å². The van der Waals surface area contributed by atoms with Gasteiger partial charge in [0.25, 0.3) is 0 Å². The highest BCUT2D eigenvalue weighted by atomic mass is 19.1. The van der Waals surface area contributed by atoms with E-state index in [2.05, 4.69) is 15.5 Å². The summed E-state index contributed by atoms with van der Waals surface area (Å²) in [7, 11) is 1.63. The second-order valence-corrected chi connectivity index (χ2v) is 6.29. The topological polar surface area (TPSA) is 88.3 Å². The molecule has 0 saturated carbocycles. The Morgan fingerprint density at radius 2 is 1.96 bits per heavy atom. The normalized spacial score (nSPS) is 15.1. The van der Waals surface area contributed by atoms with E-state index < -0.39 is 0 Å². The van der Waals surface area contributed by atoms with Gasteiger partial charge in [0.2, 0.25) is 23.5 Å². The lowest BCUT2D eigenvalue weighted by molar-refractivity contribution is -0.135. The van der Waals surface area contributed by atoms with Crippen molar-refractivity contribution < 1.29 is 18.5 Å². The van der Waals surface area contributed by atoms with E-state index in [4.69, 9.17) is 4.52 Å². The number of halogens is 1. The van der Waals surface area contributed by atoms with Crippen LogP contribution in [0.5, 0.6) is 0 Å². The van der Waals surface area contributed by atoms with E-state index in [0.717, 1.165) is 0 Å². The summed E-state index contributed by atoms with van der Waals surface area (Å²) in [6.45, 7) is 1.17. The molecule has 26 heavy (non-hydrogen) atoms. The van der Waals surface area contributed by atoms with Crippen molar-refractivity contribution in [3.63, 3.8) is 0 Å². The summed E-state index contributed by atoms with van der Waals surface area (Å²) < 4.78 is 18.1. The summed E-state index contributed by atoms with van der Waals surface area (Å²) in [6.07, 6.45) is 1.99. The number of aryl methyl sites for hydroxylation is 1. The Balaban J connectivity index is 1.49. The van der Waals surface area contributed by atoms with Crippen molar-refractivity contribution in [2.45, 2.75) is 25.7 Å². The fourth-order valence-corrected chi connectivity index (χ4v) is 3.04. The van der Waals surface area contributed by atoms with E-state index in [9.17, 15) is 14.0 Å². The number of carbonyl (C=O) groups is 2. The Morgan fingerprint density at radius 3 is 2.62 bits per heavy atom. The molecule has 0 spiro atoms. The van der Waals surface area contributed by atoms with E-state index >= 15 is 0 Å². The van der Waals surface area contributed by atoms with Gasteiger partial charge in [-0.25, -0.2) is 4.39 Å². The molecule has 7 nitrogen and oxygen atoms in total. The quantitative estimate of drug-likeness (QED) is 0.878. The van der Waals surface area contributed by atoms with Crippen LogP contribution in [0.25, 0.3) is 11.4 Å². The van der Waals surface area contributed by atoms with Gasteiger partial charge in [-0.05, 0) is 37.1 Å². The number of carbonyl (C=O) groups excluding carboxylic acids is 2. The first-order chi connectivity index (χ1) is 12.6. The zero-order chi connectivity index (χ0) is 18.5. The summed E-state index contributed by atoms with van der Waals surface area (Å²) in [5.41, 5.74) is 0.656. The molecule has 2 aromatic rings. The van der Waals surface area contributed by atoms with Crippen molar-refractivity contribution in [3.8, 4) is 11.4 Å². The zero-order valence-electron chi connectivity index (χ0n) is 14.6. The highest BCUT2D eigenvalue weighted by molar-refractivity contribution is 5.79. The number of piperidine rings is 1. The van der Waals surface area contributed by atoms with Gasteiger partial charge in [-0.3, -0.25) is 9.59 Å². The fraction of sp³-hybridized carbons (Fsp3) is 0.444. The summed E-state index contributed by atoms with van der Waals surface area (Å²) in [5.74, 6) is 0.455. The molecule has 138 valence electrons. The van der Waals surface area contributed by atoms with Gasteiger partial charge in [-0.2, -0.15) is 4.98 Å². The average molecular weight is 360 g/mol. The number of rotatable bonds is 5. The van der Waals surface area contributed by atoms with Gasteiger partial charge < -0.3 is 14.7 Å². The number of nitrogens with zero attached hydrogens (tertiary/aromatic N) is 3. The second kappa shape index (κ2) is 8.07. The van der Waals surface area contributed by atoms with E-state index in [1.54, 1.807) is 24.1 Å². The standard InChI is InChI=1S/C18H21FN4O3/c1-20-18(25)13-8-10-23(11-9-13)16(24)7-6-15-21-17(22-26-15)12-2-4-14(19)5-3-12/h2-5,13H,6-11H2,1H3,(H,20,25). The van der Waals surface area contributed by atoms with Crippen molar-refractivity contribution in [3.05, 3.63) is 36.0 Å². The van der Waals surface area contributed by atoms with E-state index in [1.165, 1.54) is 12.1 Å². The van der Waals surface area contributed by atoms with Crippen LogP contribution >= 0.6 is 0 Å². The molecule has 1 aliphatic rings. The van der Waals surface area contributed by atoms with Crippen molar-refractivity contribution in [2.24, 2.45) is 5.92 Å². The van der Waals surface area contributed by atoms with Gasteiger partial charge in [-0.1, -0.05) is 5.16 Å². The predicted octanol–water partition coefficient (Wildman–Crippen LogP) is 1.79. The van der Waals surface area contributed by atoms with Crippen molar-refractivity contribution in [1.82, 2.24) is 20.4 Å². The van der Waals surface area contributed by atoms with Crippen LogP contribution in [-0.4, -0.2) is 47.0 Å². The molecule has 0 bridgehead atoms. The van der Waals surface area contributed by atoms with Crippen LogP contribution < -0.4 is 5.32 Å². The first kappa shape index (κ1) is 18.0. The molecule has 1 N–H and O–H groups in total. The molecular formula is C18H21FN4O3. The lowest BCUT2D eigenvalue weighted by Gasteiger charge is -2.31. The minimum atomic E-state index is -0.330. The van der Waals surface area contributed by atoms with E-state index in [1.807, 2.05) is 0 Å². The number of likely N-dealkylation sites (tertiary alicyclic amines) is 1. The molecule has 1 aromatic heterocycles. The number of hydrogen-bond donors (Lipinski definition) is 1. The highest BCUT2D eigenvalue weighted by Gasteiger charge is 2.26.